The zero-order chi connectivity index (χ0) is 9.73. The van der Waals surface area contributed by atoms with Crippen LogP contribution >= 0.6 is 31.9 Å². The van der Waals surface area contributed by atoms with E-state index in [9.17, 15) is 0 Å². The number of benzene rings is 1. The molecule has 13 heavy (non-hydrogen) atoms. The van der Waals surface area contributed by atoms with Crippen molar-refractivity contribution in [2.75, 3.05) is 6.61 Å². The van der Waals surface area contributed by atoms with Crippen LogP contribution in [0.4, 0.5) is 0 Å². The zero-order valence-corrected chi connectivity index (χ0v) is 9.88. The molecule has 0 heterocycles. The minimum absolute atomic E-state index is 0.257. The summed E-state index contributed by atoms with van der Waals surface area (Å²) in [5.41, 5.74) is 0. The third-order valence-electron chi connectivity index (χ3n) is 1.33. The molecule has 1 aromatic carbocycles. The lowest BCUT2D eigenvalue weighted by atomic mass is 10.3. The largest absolute Gasteiger partial charge is 0.490 e. The van der Waals surface area contributed by atoms with Gasteiger partial charge in [0.05, 0.1) is 6.07 Å². The quantitative estimate of drug-likeness (QED) is 0.804. The number of nitriles is 1. The van der Waals surface area contributed by atoms with Crippen molar-refractivity contribution in [3.05, 3.63) is 30.3 Å². The van der Waals surface area contributed by atoms with Gasteiger partial charge in [-0.05, 0) is 12.1 Å². The minimum Gasteiger partial charge on any atom is -0.490 e. The second kappa shape index (κ2) is 4.64. The van der Waals surface area contributed by atoms with Crippen molar-refractivity contribution in [2.45, 2.75) is 3.23 Å². The number of hydrogen-bond acceptors (Lipinski definition) is 2. The van der Waals surface area contributed by atoms with Crippen LogP contribution < -0.4 is 4.74 Å². The Morgan fingerprint density at radius 2 is 1.92 bits per heavy atom. The second-order valence-corrected chi connectivity index (χ2v) is 6.19. The molecule has 0 aliphatic carbocycles. The highest BCUT2D eigenvalue weighted by atomic mass is 79.9. The molecule has 0 fully saturated rings. The van der Waals surface area contributed by atoms with Crippen molar-refractivity contribution < 1.29 is 4.74 Å². The molecule has 0 unspecified atom stereocenters. The number of alkyl halides is 2. The van der Waals surface area contributed by atoms with Gasteiger partial charge in [0.1, 0.15) is 12.4 Å². The highest BCUT2D eigenvalue weighted by Gasteiger charge is 2.22. The van der Waals surface area contributed by atoms with E-state index >= 15 is 0 Å². The van der Waals surface area contributed by atoms with Crippen molar-refractivity contribution in [1.82, 2.24) is 0 Å². The summed E-state index contributed by atoms with van der Waals surface area (Å²) >= 11 is 6.34. The van der Waals surface area contributed by atoms with Gasteiger partial charge in [0.2, 0.25) is 0 Å². The molecular formula is C9H7Br2NO. The predicted octanol–water partition coefficient (Wildman–Crippen LogP) is 3.08. The Labute approximate surface area is 93.8 Å². The highest BCUT2D eigenvalue weighted by Crippen LogP contribution is 2.26. The Morgan fingerprint density at radius 1 is 1.31 bits per heavy atom. The molecule has 0 N–H and O–H groups in total. The normalized spacial score (nSPS) is 10.5. The molecule has 4 heteroatoms. The molecule has 0 aromatic heterocycles. The third-order valence-corrected chi connectivity index (χ3v) is 2.14. The van der Waals surface area contributed by atoms with Crippen molar-refractivity contribution in [3.8, 4) is 11.8 Å². The molecule has 2 nitrogen and oxygen atoms in total. The summed E-state index contributed by atoms with van der Waals surface area (Å²) in [6.45, 7) is 0.257. The maximum absolute atomic E-state index is 8.65. The van der Waals surface area contributed by atoms with Gasteiger partial charge < -0.3 is 4.74 Å². The van der Waals surface area contributed by atoms with E-state index in [1.807, 2.05) is 36.4 Å². The Hall–Kier alpha value is -0.530. The molecule has 0 radical (unpaired) electrons. The molecule has 0 aliphatic heterocycles. The van der Waals surface area contributed by atoms with E-state index in [1.165, 1.54) is 0 Å². The van der Waals surface area contributed by atoms with Crippen LogP contribution in [-0.2, 0) is 0 Å². The molecule has 0 aliphatic rings. The number of ether oxygens (including phenoxy) is 1. The van der Waals surface area contributed by atoms with Crippen LogP contribution in [-0.4, -0.2) is 9.84 Å². The van der Waals surface area contributed by atoms with Crippen molar-refractivity contribution in [1.29, 1.82) is 5.26 Å². The summed E-state index contributed by atoms with van der Waals surface area (Å²) in [5, 5.41) is 8.65. The van der Waals surface area contributed by atoms with E-state index in [1.54, 1.807) is 0 Å². The van der Waals surface area contributed by atoms with Crippen molar-refractivity contribution >= 4 is 31.9 Å². The summed E-state index contributed by atoms with van der Waals surface area (Å²) in [4.78, 5) is 0. The van der Waals surface area contributed by atoms with Crippen LogP contribution in [0.1, 0.15) is 0 Å². The maximum Gasteiger partial charge on any atom is 0.199 e. The Balaban J connectivity index is 2.50. The van der Waals surface area contributed by atoms with Crippen LogP contribution in [0.5, 0.6) is 5.75 Å². The SMILES string of the molecule is N#CC(Br)(Br)COc1ccccc1. The average molecular weight is 305 g/mol. The minimum atomic E-state index is -0.796. The molecule has 0 amide bonds. The molecule has 0 spiro atoms. The summed E-state index contributed by atoms with van der Waals surface area (Å²) in [6.07, 6.45) is 0. The predicted molar refractivity (Wildman–Crippen MR) is 58.1 cm³/mol. The molecule has 1 rings (SSSR count). The monoisotopic (exact) mass is 303 g/mol. The number of para-hydroxylation sites is 1. The summed E-state index contributed by atoms with van der Waals surface area (Å²) in [5.74, 6) is 0.751. The van der Waals surface area contributed by atoms with Gasteiger partial charge in [0.15, 0.2) is 3.23 Å². The van der Waals surface area contributed by atoms with Gasteiger partial charge in [0.25, 0.3) is 0 Å². The Morgan fingerprint density at radius 3 is 2.46 bits per heavy atom. The Kier molecular flexibility index (Phi) is 3.76. The summed E-state index contributed by atoms with van der Waals surface area (Å²) in [7, 11) is 0. The van der Waals surface area contributed by atoms with Crippen LogP contribution in [0.25, 0.3) is 0 Å². The first-order valence-corrected chi connectivity index (χ1v) is 5.19. The molecule has 0 saturated carbocycles. The first-order valence-electron chi connectivity index (χ1n) is 3.61. The first-order chi connectivity index (χ1) is 6.14. The fourth-order valence-electron chi connectivity index (χ4n) is 0.723. The number of hydrogen-bond donors (Lipinski definition) is 0. The Bertz CT molecular complexity index is 305. The van der Waals surface area contributed by atoms with E-state index in [4.69, 9.17) is 10.00 Å². The van der Waals surface area contributed by atoms with Gasteiger partial charge in [-0.2, -0.15) is 5.26 Å². The number of halogens is 2. The lowest BCUT2D eigenvalue weighted by Crippen LogP contribution is -2.19. The zero-order valence-electron chi connectivity index (χ0n) is 6.71. The van der Waals surface area contributed by atoms with E-state index in [0.29, 0.717) is 0 Å². The summed E-state index contributed by atoms with van der Waals surface area (Å²) in [6, 6.07) is 11.4. The van der Waals surface area contributed by atoms with Gasteiger partial charge in [-0.3, -0.25) is 0 Å². The van der Waals surface area contributed by atoms with Gasteiger partial charge in [-0.1, -0.05) is 50.1 Å². The van der Waals surface area contributed by atoms with Gasteiger partial charge in [-0.25, -0.2) is 0 Å². The smallest absolute Gasteiger partial charge is 0.199 e. The third kappa shape index (κ3) is 3.79. The van der Waals surface area contributed by atoms with Crippen LogP contribution in [0, 0.1) is 11.3 Å². The molecule has 1 aromatic rings. The van der Waals surface area contributed by atoms with Crippen LogP contribution in [0.15, 0.2) is 30.3 Å². The number of nitrogens with zero attached hydrogens (tertiary/aromatic N) is 1. The fraction of sp³-hybridized carbons (Fsp3) is 0.222. The second-order valence-electron chi connectivity index (χ2n) is 2.42. The molecular weight excluding hydrogens is 298 g/mol. The van der Waals surface area contributed by atoms with E-state index in [2.05, 4.69) is 31.9 Å². The van der Waals surface area contributed by atoms with Crippen molar-refractivity contribution in [3.63, 3.8) is 0 Å². The van der Waals surface area contributed by atoms with Gasteiger partial charge >= 0.3 is 0 Å². The van der Waals surface area contributed by atoms with E-state index < -0.39 is 3.23 Å². The maximum atomic E-state index is 8.65. The highest BCUT2D eigenvalue weighted by molar-refractivity contribution is 9.25. The van der Waals surface area contributed by atoms with E-state index in [0.717, 1.165) is 5.75 Å². The van der Waals surface area contributed by atoms with Crippen LogP contribution in [0.3, 0.4) is 0 Å². The standard InChI is InChI=1S/C9H7Br2NO/c10-9(11,6-12)7-13-8-4-2-1-3-5-8/h1-5H,7H2. The molecule has 0 bridgehead atoms. The van der Waals surface area contributed by atoms with Crippen LogP contribution in [0.2, 0.25) is 0 Å². The first kappa shape index (κ1) is 10.6. The average Bonchev–Trinajstić information content (AvgIpc) is 2.17. The molecule has 0 saturated heterocycles. The fourth-order valence-corrected chi connectivity index (χ4v) is 0.952. The lowest BCUT2D eigenvalue weighted by Gasteiger charge is -2.12. The van der Waals surface area contributed by atoms with Gasteiger partial charge in [0, 0.05) is 0 Å². The van der Waals surface area contributed by atoms with Crippen molar-refractivity contribution in [2.24, 2.45) is 0 Å². The summed E-state index contributed by atoms with van der Waals surface area (Å²) < 4.78 is 4.55. The topological polar surface area (TPSA) is 33.0 Å². The van der Waals surface area contributed by atoms with E-state index in [-0.39, 0.29) is 6.61 Å². The number of rotatable bonds is 3. The lowest BCUT2D eigenvalue weighted by molar-refractivity contribution is 0.326. The molecule has 68 valence electrons. The van der Waals surface area contributed by atoms with Gasteiger partial charge in [-0.15, -0.1) is 0 Å². The molecule has 0 atom stereocenters.